The molecule has 0 saturated heterocycles. The second kappa shape index (κ2) is 15.1. The standard InChI is InChI=1S/C30H28NO.C16H20GeN.Ir/c1-20-11-13-25-24-14-12-23(22-9-7-6-8-10-22)18-27(24)32-29(25)28(20)26-17-21(15-16-31(26)5)19-30(2,3)4;1-13-8-6-7-9-15(13)16-11-10-14(12-18(16)5)17(2,3)4;/h6-18H,1,5,19H2,2-4H3;6-12H,1,5H2,2-4H3;/q2*-1;. The molecule has 263 valence electrons. The van der Waals surface area contributed by atoms with Crippen LogP contribution in [-0.2, 0) is 26.5 Å². The van der Waals surface area contributed by atoms with Gasteiger partial charge >= 0.3 is 113 Å². The van der Waals surface area contributed by atoms with Gasteiger partial charge in [0, 0.05) is 37.9 Å². The minimum atomic E-state index is -1.78. The molecule has 1 radical (unpaired) electrons. The minimum absolute atomic E-state index is 0. The zero-order valence-corrected chi connectivity index (χ0v) is 35.2. The van der Waals surface area contributed by atoms with E-state index < -0.39 is 13.3 Å². The Kier molecular flexibility index (Phi) is 11.2. The molecule has 0 spiro atoms. The Balaban J connectivity index is 0.000000226. The first-order valence-electron chi connectivity index (χ1n) is 17.2. The van der Waals surface area contributed by atoms with Gasteiger partial charge < -0.3 is 8.98 Å². The Morgan fingerprint density at radius 1 is 0.667 bits per heavy atom. The molecule has 3 aromatic heterocycles. The Morgan fingerprint density at radius 3 is 2.02 bits per heavy atom. The average molecular weight is 910 g/mol. The van der Waals surface area contributed by atoms with Crippen LogP contribution in [0.25, 0.3) is 55.6 Å². The number of fused-ring (bicyclic) bond motifs is 3. The maximum Gasteiger partial charge on any atom is 0 e. The van der Waals surface area contributed by atoms with E-state index in [-0.39, 0.29) is 25.5 Å². The average Bonchev–Trinajstić information content (AvgIpc) is 3.43. The number of hydrogen-bond donors (Lipinski definition) is 0. The van der Waals surface area contributed by atoms with Crippen LogP contribution in [0.15, 0.2) is 126 Å². The third kappa shape index (κ3) is 8.42. The van der Waals surface area contributed by atoms with Crippen molar-refractivity contribution < 1.29 is 33.7 Å². The Morgan fingerprint density at radius 2 is 1.35 bits per heavy atom. The van der Waals surface area contributed by atoms with Gasteiger partial charge in [0.15, 0.2) is 0 Å². The van der Waals surface area contributed by atoms with E-state index in [1.54, 1.807) is 0 Å². The van der Waals surface area contributed by atoms with Crippen LogP contribution in [0.2, 0.25) is 17.3 Å². The van der Waals surface area contributed by atoms with Crippen molar-refractivity contribution in [3.05, 3.63) is 166 Å². The van der Waals surface area contributed by atoms with Gasteiger partial charge in [-0.2, -0.15) is 18.6 Å². The number of benzene rings is 4. The Bertz CT molecular complexity index is 2310. The molecule has 0 aliphatic heterocycles. The first-order chi connectivity index (χ1) is 23.7. The largest absolute Gasteiger partial charge is 0 e. The maximum atomic E-state index is 6.50. The summed E-state index contributed by atoms with van der Waals surface area (Å²) in [4.78, 5) is 0. The van der Waals surface area contributed by atoms with Gasteiger partial charge in [-0.3, -0.25) is 0 Å². The predicted molar refractivity (Wildman–Crippen MR) is 213 cm³/mol. The molecule has 0 aliphatic carbocycles. The molecule has 0 unspecified atom stereocenters. The van der Waals surface area contributed by atoms with Crippen LogP contribution in [0.4, 0.5) is 0 Å². The molecule has 0 saturated carbocycles. The number of hydrogen-bond acceptors (Lipinski definition) is 1. The molecule has 7 aromatic rings. The fraction of sp³-hybridized carbons (Fsp3) is 0.174. The van der Waals surface area contributed by atoms with E-state index in [0.717, 1.165) is 67.6 Å². The SMILES string of the molecule is [CH2-]c1ccc2c(oc3cc(-c4ccccc4)ccc32)c1-c1cc(CC(C)(C)C)cc[n+]1[CH2-].[CH2-]c1ccccc1-c1cc[c]([Ge]([CH3])([CH3])[CH3])c[n+]1[CH2-].[Ir]. The molecule has 51 heavy (non-hydrogen) atoms. The van der Waals surface area contributed by atoms with Crippen molar-refractivity contribution in [2.75, 3.05) is 0 Å². The van der Waals surface area contributed by atoms with Gasteiger partial charge in [0.2, 0.25) is 0 Å². The van der Waals surface area contributed by atoms with E-state index in [0.29, 0.717) is 0 Å². The van der Waals surface area contributed by atoms with Gasteiger partial charge in [-0.25, -0.2) is 0 Å². The number of rotatable bonds is 5. The van der Waals surface area contributed by atoms with E-state index >= 15 is 0 Å². The van der Waals surface area contributed by atoms with Crippen molar-refractivity contribution in [3.63, 3.8) is 0 Å². The van der Waals surface area contributed by atoms with E-state index in [4.69, 9.17) is 4.42 Å². The van der Waals surface area contributed by atoms with Crippen molar-refractivity contribution in [3.8, 4) is 33.6 Å². The summed E-state index contributed by atoms with van der Waals surface area (Å²) in [6.07, 6.45) is 5.20. The van der Waals surface area contributed by atoms with E-state index in [2.05, 4.69) is 157 Å². The zero-order valence-electron chi connectivity index (χ0n) is 30.7. The number of aromatic nitrogens is 2. The Hall–Kier alpha value is -4.35. The van der Waals surface area contributed by atoms with Gasteiger partial charge in [0.1, 0.15) is 5.58 Å². The maximum absolute atomic E-state index is 6.50. The van der Waals surface area contributed by atoms with E-state index in [1.165, 1.54) is 15.5 Å². The monoisotopic (exact) mass is 911 g/mol. The van der Waals surface area contributed by atoms with Crippen LogP contribution in [0.3, 0.4) is 0 Å². The summed E-state index contributed by atoms with van der Waals surface area (Å²) in [5, 5.41) is 2.21. The molecule has 5 heteroatoms. The van der Waals surface area contributed by atoms with Gasteiger partial charge in [-0.15, -0.1) is 6.07 Å². The molecular formula is C46H48GeIrN2O-2. The third-order valence-electron chi connectivity index (χ3n) is 9.11. The molecule has 0 fully saturated rings. The molecule has 3 heterocycles. The quantitative estimate of drug-likeness (QED) is 0.0958. The second-order valence-corrected chi connectivity index (χ2v) is 26.1. The molecule has 0 atom stereocenters. The first kappa shape index (κ1) is 37.9. The van der Waals surface area contributed by atoms with Crippen LogP contribution in [0.5, 0.6) is 0 Å². The van der Waals surface area contributed by atoms with Crippen LogP contribution < -0.4 is 13.5 Å². The molecule has 0 bridgehead atoms. The van der Waals surface area contributed by atoms with Crippen LogP contribution in [0.1, 0.15) is 37.5 Å². The molecule has 0 N–H and O–H groups in total. The molecule has 4 aromatic carbocycles. The molecule has 7 rings (SSSR count). The zero-order chi connectivity index (χ0) is 35.8. The van der Waals surface area contributed by atoms with Crippen molar-refractivity contribution >= 4 is 39.6 Å². The van der Waals surface area contributed by atoms with Gasteiger partial charge in [-0.05, 0) is 35.1 Å². The first-order valence-corrected chi connectivity index (χ1v) is 24.5. The predicted octanol–water partition coefficient (Wildman–Crippen LogP) is 10.6. The fourth-order valence-electron chi connectivity index (χ4n) is 6.49. The summed E-state index contributed by atoms with van der Waals surface area (Å²) in [5.74, 6) is 7.18. The summed E-state index contributed by atoms with van der Waals surface area (Å²) in [6, 6.07) is 38.0. The van der Waals surface area contributed by atoms with Gasteiger partial charge in [0.25, 0.3) is 0 Å². The summed E-state index contributed by atoms with van der Waals surface area (Å²) >= 11 is -1.78. The number of pyridine rings is 2. The smallest absolute Gasteiger partial charge is 0 e. The van der Waals surface area contributed by atoms with Crippen LogP contribution >= 0.6 is 0 Å². The third-order valence-corrected chi connectivity index (χ3v) is 13.4. The van der Waals surface area contributed by atoms with Crippen molar-refractivity contribution in [1.82, 2.24) is 0 Å². The number of furan rings is 1. The van der Waals surface area contributed by atoms with Crippen LogP contribution in [-0.4, -0.2) is 13.3 Å². The minimum Gasteiger partial charge on any atom is 0 e. The second-order valence-electron chi connectivity index (χ2n) is 15.5. The summed E-state index contributed by atoms with van der Waals surface area (Å²) < 4.78 is 11.9. The normalized spacial score (nSPS) is 11.6. The molecule has 0 aliphatic rings. The summed E-state index contributed by atoms with van der Waals surface area (Å²) in [5.41, 5.74) is 11.8. The molecule has 0 amide bonds. The summed E-state index contributed by atoms with van der Waals surface area (Å²) in [6.45, 7) is 15.2. The van der Waals surface area contributed by atoms with Crippen molar-refractivity contribution in [2.24, 2.45) is 5.41 Å². The topological polar surface area (TPSA) is 20.9 Å². The van der Waals surface area contributed by atoms with Crippen LogP contribution in [0, 0.1) is 33.4 Å². The molecular weight excluding hydrogens is 861 g/mol. The Labute approximate surface area is 321 Å². The van der Waals surface area contributed by atoms with Crippen molar-refractivity contribution in [2.45, 2.75) is 44.5 Å². The van der Waals surface area contributed by atoms with Gasteiger partial charge in [-0.1, -0.05) is 80.4 Å². The fourth-order valence-corrected chi connectivity index (χ4v) is 8.85. The number of nitrogens with zero attached hydrogens (tertiary/aromatic N) is 2. The summed E-state index contributed by atoms with van der Waals surface area (Å²) in [7, 11) is 8.37. The van der Waals surface area contributed by atoms with Gasteiger partial charge in [0.05, 0.1) is 17.5 Å². The van der Waals surface area contributed by atoms with E-state index in [9.17, 15) is 0 Å². The van der Waals surface area contributed by atoms with Crippen molar-refractivity contribution in [1.29, 1.82) is 0 Å². The van der Waals surface area contributed by atoms with E-state index in [1.807, 2.05) is 39.6 Å². The molecule has 3 nitrogen and oxygen atoms in total.